The number of halogens is 1. The van der Waals surface area contributed by atoms with Gasteiger partial charge in [0.25, 0.3) is 0 Å². The zero-order valence-corrected chi connectivity index (χ0v) is 14.8. The van der Waals surface area contributed by atoms with E-state index in [1.807, 2.05) is 42.5 Å². The number of rotatable bonds is 2. The van der Waals surface area contributed by atoms with Gasteiger partial charge < -0.3 is 4.42 Å². The number of imidazole rings is 1. The predicted octanol–water partition coefficient (Wildman–Crippen LogP) is 4.88. The van der Waals surface area contributed by atoms with Crippen LogP contribution >= 0.6 is 22.9 Å². The average molecular weight is 380 g/mol. The molecule has 0 bridgehead atoms. The van der Waals surface area contributed by atoms with Gasteiger partial charge in [-0.15, -0.1) is 0 Å². The van der Waals surface area contributed by atoms with Crippen LogP contribution in [0.15, 0.2) is 70.0 Å². The molecule has 2 aromatic carbocycles. The van der Waals surface area contributed by atoms with Gasteiger partial charge in [-0.05, 0) is 24.3 Å². The Hall–Kier alpha value is -2.96. The van der Waals surface area contributed by atoms with Crippen LogP contribution in [-0.4, -0.2) is 14.6 Å². The average Bonchev–Trinajstić information content (AvgIpc) is 3.21. The molecule has 0 saturated heterocycles. The third kappa shape index (κ3) is 2.51. The Morgan fingerprint density at radius 2 is 1.88 bits per heavy atom. The number of hydrogen-bond donors (Lipinski definition) is 0. The lowest BCUT2D eigenvalue weighted by molar-refractivity contribution is 0.563. The van der Waals surface area contributed by atoms with Crippen molar-refractivity contribution in [3.63, 3.8) is 0 Å². The van der Waals surface area contributed by atoms with E-state index in [0.717, 1.165) is 16.0 Å². The quantitative estimate of drug-likeness (QED) is 0.410. The summed E-state index contributed by atoms with van der Waals surface area (Å²) < 4.78 is 7.07. The zero-order chi connectivity index (χ0) is 17.7. The van der Waals surface area contributed by atoms with Crippen molar-refractivity contribution in [1.82, 2.24) is 14.6 Å². The molecule has 0 radical (unpaired) electrons. The molecule has 3 aromatic heterocycles. The van der Waals surface area contributed by atoms with Gasteiger partial charge in [-0.25, -0.2) is 14.3 Å². The monoisotopic (exact) mass is 379 g/mol. The van der Waals surface area contributed by atoms with Crippen LogP contribution in [0.2, 0.25) is 5.02 Å². The van der Waals surface area contributed by atoms with E-state index >= 15 is 0 Å². The van der Waals surface area contributed by atoms with Crippen LogP contribution < -0.4 is 5.63 Å². The maximum Gasteiger partial charge on any atom is 0.345 e. The molecule has 26 heavy (non-hydrogen) atoms. The number of fused-ring (bicyclic) bond motifs is 2. The molecule has 0 aliphatic heterocycles. The van der Waals surface area contributed by atoms with Crippen molar-refractivity contribution in [2.75, 3.05) is 0 Å². The first kappa shape index (κ1) is 15.3. The normalized spacial score (nSPS) is 11.4. The third-order valence-corrected chi connectivity index (χ3v) is 5.28. The van der Waals surface area contributed by atoms with E-state index in [-0.39, 0.29) is 0 Å². The molecule has 0 aliphatic rings. The minimum atomic E-state index is -0.410. The van der Waals surface area contributed by atoms with Gasteiger partial charge in [-0.2, -0.15) is 5.10 Å². The van der Waals surface area contributed by atoms with Gasteiger partial charge in [0.05, 0.1) is 17.5 Å². The van der Waals surface area contributed by atoms with Gasteiger partial charge in [0, 0.05) is 16.0 Å². The van der Waals surface area contributed by atoms with Crippen molar-refractivity contribution in [3.8, 4) is 21.8 Å². The van der Waals surface area contributed by atoms with E-state index in [4.69, 9.17) is 16.0 Å². The lowest BCUT2D eigenvalue weighted by Crippen LogP contribution is -2.02. The summed E-state index contributed by atoms with van der Waals surface area (Å²) in [6, 6.07) is 16.7. The molecule has 5 aromatic rings. The standard InChI is InChI=1S/C19H10ClN3O2S/c20-13-7-5-11(6-8-13)17-22-23-10-15(21-19(23)26-17)14-9-12-3-1-2-4-16(12)25-18(14)24/h1-10H. The molecule has 5 rings (SSSR count). The second kappa shape index (κ2) is 5.79. The van der Waals surface area contributed by atoms with E-state index < -0.39 is 5.63 Å². The summed E-state index contributed by atoms with van der Waals surface area (Å²) in [5.41, 5.74) is 2.09. The van der Waals surface area contributed by atoms with Crippen molar-refractivity contribution in [2.45, 2.75) is 0 Å². The van der Waals surface area contributed by atoms with Crippen LogP contribution in [0.4, 0.5) is 0 Å². The molecule has 5 nitrogen and oxygen atoms in total. The Bertz CT molecular complexity index is 1290. The second-order valence-electron chi connectivity index (χ2n) is 5.75. The zero-order valence-electron chi connectivity index (χ0n) is 13.2. The van der Waals surface area contributed by atoms with Crippen LogP contribution in [0.1, 0.15) is 0 Å². The largest absolute Gasteiger partial charge is 0.422 e. The lowest BCUT2D eigenvalue weighted by Gasteiger charge is -1.98. The molecule has 0 unspecified atom stereocenters. The molecular formula is C19H10ClN3O2S. The van der Waals surface area contributed by atoms with E-state index in [0.29, 0.717) is 26.8 Å². The third-order valence-electron chi connectivity index (χ3n) is 4.05. The molecule has 0 aliphatic carbocycles. The number of benzene rings is 2. The smallest absolute Gasteiger partial charge is 0.345 e. The fourth-order valence-corrected chi connectivity index (χ4v) is 3.79. The number of nitrogens with zero attached hydrogens (tertiary/aromatic N) is 3. The fourth-order valence-electron chi connectivity index (χ4n) is 2.78. The van der Waals surface area contributed by atoms with Crippen LogP contribution in [0.25, 0.3) is 37.8 Å². The van der Waals surface area contributed by atoms with E-state index in [9.17, 15) is 4.79 Å². The molecule has 0 spiro atoms. The molecule has 0 atom stereocenters. The van der Waals surface area contributed by atoms with Gasteiger partial charge in [-0.1, -0.05) is 53.3 Å². The topological polar surface area (TPSA) is 60.4 Å². The highest BCUT2D eigenvalue weighted by Gasteiger charge is 2.15. The summed E-state index contributed by atoms with van der Waals surface area (Å²) in [7, 11) is 0. The van der Waals surface area contributed by atoms with Gasteiger partial charge in [-0.3, -0.25) is 0 Å². The molecule has 0 fully saturated rings. The van der Waals surface area contributed by atoms with Gasteiger partial charge in [0.2, 0.25) is 4.96 Å². The van der Waals surface area contributed by atoms with Gasteiger partial charge in [0.15, 0.2) is 0 Å². The first-order valence-electron chi connectivity index (χ1n) is 7.83. The summed E-state index contributed by atoms with van der Waals surface area (Å²) in [6.45, 7) is 0. The lowest BCUT2D eigenvalue weighted by atomic mass is 10.1. The molecular weight excluding hydrogens is 370 g/mol. The molecule has 7 heteroatoms. The summed E-state index contributed by atoms with van der Waals surface area (Å²) in [5.74, 6) is 0. The SMILES string of the molecule is O=c1oc2ccccc2cc1-c1cn2nc(-c3ccc(Cl)cc3)sc2n1. The molecule has 0 N–H and O–H groups in total. The number of hydrogen-bond acceptors (Lipinski definition) is 5. The summed E-state index contributed by atoms with van der Waals surface area (Å²) in [6.07, 6.45) is 1.74. The van der Waals surface area contributed by atoms with Gasteiger partial charge in [0.1, 0.15) is 10.6 Å². The maximum atomic E-state index is 12.3. The summed E-state index contributed by atoms with van der Waals surface area (Å²) in [4.78, 5) is 17.6. The highest BCUT2D eigenvalue weighted by atomic mass is 35.5. The molecule has 3 heterocycles. The van der Waals surface area contributed by atoms with Crippen LogP contribution in [-0.2, 0) is 0 Å². The first-order chi connectivity index (χ1) is 12.7. The van der Waals surface area contributed by atoms with Crippen molar-refractivity contribution in [1.29, 1.82) is 0 Å². The van der Waals surface area contributed by atoms with Crippen LogP contribution in [0.3, 0.4) is 0 Å². The molecule has 126 valence electrons. The van der Waals surface area contributed by atoms with Gasteiger partial charge >= 0.3 is 5.63 Å². The van der Waals surface area contributed by atoms with Crippen LogP contribution in [0.5, 0.6) is 0 Å². The van der Waals surface area contributed by atoms with Crippen molar-refractivity contribution in [2.24, 2.45) is 0 Å². The molecule has 0 amide bonds. The van der Waals surface area contributed by atoms with E-state index in [2.05, 4.69) is 10.1 Å². The predicted molar refractivity (Wildman–Crippen MR) is 103 cm³/mol. The van der Waals surface area contributed by atoms with Crippen molar-refractivity contribution < 1.29 is 4.42 Å². The van der Waals surface area contributed by atoms with Crippen LogP contribution in [0, 0.1) is 0 Å². The van der Waals surface area contributed by atoms with E-state index in [1.165, 1.54) is 11.3 Å². The Labute approximate surface area is 156 Å². The second-order valence-corrected chi connectivity index (χ2v) is 7.15. The highest BCUT2D eigenvalue weighted by Crippen LogP contribution is 2.28. The highest BCUT2D eigenvalue weighted by molar-refractivity contribution is 7.19. The minimum absolute atomic E-state index is 0.410. The minimum Gasteiger partial charge on any atom is -0.422 e. The summed E-state index contributed by atoms with van der Waals surface area (Å²) in [5, 5.41) is 6.92. The van der Waals surface area contributed by atoms with E-state index in [1.54, 1.807) is 22.8 Å². The van der Waals surface area contributed by atoms with Crippen molar-refractivity contribution in [3.05, 3.63) is 76.2 Å². The first-order valence-corrected chi connectivity index (χ1v) is 9.02. The Morgan fingerprint density at radius 1 is 1.08 bits per heavy atom. The Kier molecular flexibility index (Phi) is 3.41. The summed E-state index contributed by atoms with van der Waals surface area (Å²) >= 11 is 7.37. The maximum absolute atomic E-state index is 12.3. The van der Waals surface area contributed by atoms with Crippen molar-refractivity contribution >= 4 is 38.9 Å². The fraction of sp³-hybridized carbons (Fsp3) is 0. The number of aromatic nitrogens is 3. The Morgan fingerprint density at radius 3 is 2.69 bits per heavy atom. The Balaban J connectivity index is 1.60. The molecule has 0 saturated carbocycles. The number of para-hydroxylation sites is 1.